The second-order valence-electron chi connectivity index (χ2n) is 5.52. The van der Waals surface area contributed by atoms with Gasteiger partial charge in [-0.2, -0.15) is 0 Å². The van der Waals surface area contributed by atoms with Gasteiger partial charge in [-0.15, -0.1) is 0 Å². The van der Waals surface area contributed by atoms with E-state index in [1.165, 1.54) is 22.3 Å². The maximum atomic E-state index is 3.70. The average molecular weight is 279 g/mol. The van der Waals surface area contributed by atoms with E-state index in [2.05, 4.69) is 86.8 Å². The number of benzene rings is 2. The van der Waals surface area contributed by atoms with E-state index in [1.54, 1.807) is 0 Å². The minimum atomic E-state index is 0.261. The highest BCUT2D eigenvalue weighted by Gasteiger charge is 2.14. The van der Waals surface area contributed by atoms with Gasteiger partial charge in [0.1, 0.15) is 0 Å². The summed E-state index contributed by atoms with van der Waals surface area (Å²) in [5.74, 6) is 0. The lowest BCUT2D eigenvalue weighted by Gasteiger charge is -2.22. The van der Waals surface area contributed by atoms with Gasteiger partial charge in [-0.05, 0) is 50.4 Å². The molecule has 2 aromatic rings. The van der Waals surface area contributed by atoms with Gasteiger partial charge in [0.2, 0.25) is 0 Å². The van der Waals surface area contributed by atoms with Crippen LogP contribution < -0.4 is 5.32 Å². The van der Waals surface area contributed by atoms with Crippen LogP contribution in [0.5, 0.6) is 0 Å². The molecule has 1 nitrogen and oxygen atoms in total. The normalized spacial score (nSPS) is 12.7. The van der Waals surface area contributed by atoms with Gasteiger partial charge in [0.25, 0.3) is 0 Å². The maximum Gasteiger partial charge on any atom is 0.0579 e. The third-order valence-electron chi connectivity index (χ3n) is 3.76. The third-order valence-corrected chi connectivity index (χ3v) is 3.76. The van der Waals surface area contributed by atoms with Crippen molar-refractivity contribution in [2.24, 2.45) is 0 Å². The van der Waals surface area contributed by atoms with Crippen molar-refractivity contribution in [1.29, 1.82) is 0 Å². The van der Waals surface area contributed by atoms with E-state index in [0.717, 1.165) is 13.0 Å². The highest BCUT2D eigenvalue weighted by atomic mass is 14.9. The summed E-state index contributed by atoms with van der Waals surface area (Å²) in [6, 6.07) is 17.7. The molecule has 0 radical (unpaired) electrons. The Morgan fingerprint density at radius 3 is 2.48 bits per heavy atom. The molecule has 1 unspecified atom stereocenters. The number of nitrogens with one attached hydrogen (secondary N) is 1. The van der Waals surface area contributed by atoms with Crippen LogP contribution in [0.2, 0.25) is 0 Å². The molecule has 0 saturated carbocycles. The zero-order valence-electron chi connectivity index (χ0n) is 13.3. The van der Waals surface area contributed by atoms with E-state index in [4.69, 9.17) is 0 Å². The molecule has 0 saturated heterocycles. The van der Waals surface area contributed by atoms with Gasteiger partial charge in [-0.1, -0.05) is 66.2 Å². The zero-order chi connectivity index (χ0) is 15.1. The van der Waals surface area contributed by atoms with Crippen molar-refractivity contribution in [2.45, 2.75) is 33.2 Å². The van der Waals surface area contributed by atoms with Crippen LogP contribution in [-0.4, -0.2) is 6.54 Å². The molecule has 0 aromatic heterocycles. The molecule has 1 N–H and O–H groups in total. The van der Waals surface area contributed by atoms with Crippen molar-refractivity contribution < 1.29 is 0 Å². The van der Waals surface area contributed by atoms with E-state index < -0.39 is 0 Å². The summed E-state index contributed by atoms with van der Waals surface area (Å²) in [4.78, 5) is 0. The fourth-order valence-electron chi connectivity index (χ4n) is 2.68. The molecule has 0 aliphatic carbocycles. The Bertz CT molecular complexity index is 584. The number of aryl methyl sites for hydroxylation is 2. The molecule has 0 aliphatic heterocycles. The van der Waals surface area contributed by atoms with Gasteiger partial charge in [0, 0.05) is 0 Å². The summed E-state index contributed by atoms with van der Waals surface area (Å²) in [7, 11) is 0. The molecule has 0 spiro atoms. The van der Waals surface area contributed by atoms with Crippen LogP contribution in [0.3, 0.4) is 0 Å². The van der Waals surface area contributed by atoms with E-state index in [-0.39, 0.29) is 6.04 Å². The minimum absolute atomic E-state index is 0.261. The summed E-state index contributed by atoms with van der Waals surface area (Å²) >= 11 is 0. The van der Waals surface area contributed by atoms with Gasteiger partial charge in [-0.3, -0.25) is 0 Å². The van der Waals surface area contributed by atoms with Crippen LogP contribution in [0, 0.1) is 13.8 Å². The van der Waals surface area contributed by atoms with Crippen molar-refractivity contribution in [2.75, 3.05) is 6.54 Å². The lowest BCUT2D eigenvalue weighted by atomic mass is 9.94. The molecule has 0 fully saturated rings. The maximum absolute atomic E-state index is 3.70. The molecule has 0 bridgehead atoms. The monoisotopic (exact) mass is 279 g/mol. The van der Waals surface area contributed by atoms with Crippen molar-refractivity contribution >= 4 is 0 Å². The molecule has 2 rings (SSSR count). The lowest BCUT2D eigenvalue weighted by Crippen LogP contribution is -2.24. The predicted molar refractivity (Wildman–Crippen MR) is 91.6 cm³/mol. The van der Waals surface area contributed by atoms with Gasteiger partial charge in [-0.25, -0.2) is 0 Å². The summed E-state index contributed by atoms with van der Waals surface area (Å²) < 4.78 is 0. The Morgan fingerprint density at radius 1 is 1.05 bits per heavy atom. The van der Waals surface area contributed by atoms with Gasteiger partial charge in [0.15, 0.2) is 0 Å². The second kappa shape index (κ2) is 7.80. The fourth-order valence-corrected chi connectivity index (χ4v) is 2.68. The number of rotatable bonds is 6. The second-order valence-corrected chi connectivity index (χ2v) is 5.52. The first kappa shape index (κ1) is 15.5. The molecule has 0 aliphatic rings. The summed E-state index contributed by atoms with van der Waals surface area (Å²) in [6.07, 6.45) is 5.37. The lowest BCUT2D eigenvalue weighted by molar-refractivity contribution is 0.608. The van der Waals surface area contributed by atoms with Crippen molar-refractivity contribution in [3.05, 3.63) is 82.9 Å². The van der Waals surface area contributed by atoms with Crippen LogP contribution >= 0.6 is 0 Å². The van der Waals surface area contributed by atoms with Crippen LogP contribution in [0.4, 0.5) is 0 Å². The molecule has 0 heterocycles. The quantitative estimate of drug-likeness (QED) is 0.583. The van der Waals surface area contributed by atoms with Gasteiger partial charge >= 0.3 is 0 Å². The topological polar surface area (TPSA) is 12.0 Å². The van der Waals surface area contributed by atoms with E-state index in [1.807, 2.05) is 0 Å². The highest BCUT2D eigenvalue weighted by Crippen LogP contribution is 2.25. The standard InChI is InChI=1S/C20H25N/c1-4-5-9-14-21-20(18-10-7-6-8-11-18)19-13-12-16(2)15-17(19)3/h4-8,10-13,15,20-21H,9,14H2,1-3H3/b5-4+. The Labute approximate surface area is 128 Å². The smallest absolute Gasteiger partial charge is 0.0579 e. The first-order chi connectivity index (χ1) is 10.2. The molecule has 21 heavy (non-hydrogen) atoms. The van der Waals surface area contributed by atoms with Crippen molar-refractivity contribution in [1.82, 2.24) is 5.32 Å². The van der Waals surface area contributed by atoms with Crippen LogP contribution in [-0.2, 0) is 0 Å². The van der Waals surface area contributed by atoms with E-state index >= 15 is 0 Å². The number of hydrogen-bond acceptors (Lipinski definition) is 1. The third kappa shape index (κ3) is 4.30. The molecule has 110 valence electrons. The Morgan fingerprint density at radius 2 is 1.81 bits per heavy atom. The van der Waals surface area contributed by atoms with Gasteiger partial charge in [0.05, 0.1) is 6.04 Å². The van der Waals surface area contributed by atoms with Crippen LogP contribution in [0.1, 0.15) is 41.6 Å². The largest absolute Gasteiger partial charge is 0.306 e. The van der Waals surface area contributed by atoms with E-state index in [0.29, 0.717) is 0 Å². The Kier molecular flexibility index (Phi) is 5.77. The molecule has 0 amide bonds. The average Bonchev–Trinajstić information content (AvgIpc) is 2.49. The Balaban J connectivity index is 2.27. The molecule has 1 heteroatoms. The summed E-state index contributed by atoms with van der Waals surface area (Å²) in [5.41, 5.74) is 5.36. The number of hydrogen-bond donors (Lipinski definition) is 1. The highest BCUT2D eigenvalue weighted by molar-refractivity contribution is 5.38. The molecular weight excluding hydrogens is 254 g/mol. The van der Waals surface area contributed by atoms with Crippen LogP contribution in [0.15, 0.2) is 60.7 Å². The van der Waals surface area contributed by atoms with Crippen LogP contribution in [0.25, 0.3) is 0 Å². The van der Waals surface area contributed by atoms with E-state index in [9.17, 15) is 0 Å². The summed E-state index contributed by atoms with van der Waals surface area (Å²) in [5, 5.41) is 3.70. The minimum Gasteiger partial charge on any atom is -0.306 e. The molecule has 1 atom stereocenters. The first-order valence-corrected chi connectivity index (χ1v) is 7.69. The SMILES string of the molecule is C/C=C/CCNC(c1ccccc1)c1ccc(C)cc1C. The Hall–Kier alpha value is -1.86. The summed E-state index contributed by atoms with van der Waals surface area (Å²) in [6.45, 7) is 7.40. The van der Waals surface area contributed by atoms with Gasteiger partial charge < -0.3 is 5.32 Å². The molecular formula is C20H25N. The van der Waals surface area contributed by atoms with Crippen molar-refractivity contribution in [3.8, 4) is 0 Å². The zero-order valence-corrected chi connectivity index (χ0v) is 13.3. The van der Waals surface area contributed by atoms with Crippen molar-refractivity contribution in [3.63, 3.8) is 0 Å². The predicted octanol–water partition coefficient (Wildman–Crippen LogP) is 4.95. The first-order valence-electron chi connectivity index (χ1n) is 7.69. The molecule has 2 aromatic carbocycles. The number of allylic oxidation sites excluding steroid dienone is 1. The fraction of sp³-hybridized carbons (Fsp3) is 0.300.